The molecule has 0 saturated heterocycles. The molecular formula is C33H23F3N6O2. The van der Waals surface area contributed by atoms with Crippen LogP contribution in [0.25, 0.3) is 22.1 Å². The molecule has 3 aromatic heterocycles. The van der Waals surface area contributed by atoms with E-state index in [9.17, 15) is 22.8 Å². The first-order valence-corrected chi connectivity index (χ1v) is 13.4. The number of pyridine rings is 1. The molecule has 0 radical (unpaired) electrons. The lowest BCUT2D eigenvalue weighted by molar-refractivity contribution is -0.137. The van der Waals surface area contributed by atoms with Crippen LogP contribution in [0.1, 0.15) is 45.7 Å². The highest BCUT2D eigenvalue weighted by Crippen LogP contribution is 2.29. The molecule has 1 atom stereocenters. The molecule has 218 valence electrons. The van der Waals surface area contributed by atoms with E-state index in [1.807, 2.05) is 6.07 Å². The minimum Gasteiger partial charge on any atom is -0.381 e. The molecule has 6 aromatic rings. The van der Waals surface area contributed by atoms with Crippen LogP contribution in [0.2, 0.25) is 0 Å². The van der Waals surface area contributed by atoms with Gasteiger partial charge in [0.15, 0.2) is 11.5 Å². The van der Waals surface area contributed by atoms with E-state index in [0.717, 1.165) is 12.1 Å². The van der Waals surface area contributed by atoms with Gasteiger partial charge >= 0.3 is 6.18 Å². The molecular weight excluding hydrogens is 569 g/mol. The van der Waals surface area contributed by atoms with Gasteiger partial charge in [0.05, 0.1) is 17.0 Å². The number of carbonyl (C=O) groups is 1. The van der Waals surface area contributed by atoms with Crippen molar-refractivity contribution in [2.75, 3.05) is 5.73 Å². The number of nitrogens with one attached hydrogen (secondary N) is 1. The van der Waals surface area contributed by atoms with E-state index >= 15 is 0 Å². The lowest BCUT2D eigenvalue weighted by Gasteiger charge is -2.21. The third kappa shape index (κ3) is 5.25. The molecule has 0 bridgehead atoms. The molecule has 0 aliphatic carbocycles. The molecule has 6 rings (SSSR count). The minimum absolute atomic E-state index is 0.0172. The van der Waals surface area contributed by atoms with Crippen LogP contribution in [0.15, 0.2) is 102 Å². The van der Waals surface area contributed by atoms with Crippen LogP contribution >= 0.6 is 0 Å². The standard InChI is InChI=1S/C33H23F3N6O2/c1-20(39-31(43)28-29(37)40-41-18-6-17-38-30(28)41)26-19-23-8-5-7-22(14-11-21-12-15-24(16-13-21)33(34,35)36)27(23)32(44)42(26)25-9-3-2-4-10-25/h2-10,12-13,15-20H,1H3,(H2,37,40)(H,39,43). The van der Waals surface area contributed by atoms with Crippen molar-refractivity contribution in [1.29, 1.82) is 0 Å². The number of aromatic nitrogens is 4. The van der Waals surface area contributed by atoms with E-state index < -0.39 is 23.7 Å². The SMILES string of the molecule is CC(NC(=O)c1c(N)nn2cccnc12)c1cc2cccc(C#Cc3ccc(C(F)(F)F)cc3)c2c(=O)n1-c1ccccc1. The number of nitrogens with zero attached hydrogens (tertiary/aromatic N) is 4. The fourth-order valence-corrected chi connectivity index (χ4v) is 4.99. The molecule has 0 saturated carbocycles. The number of benzene rings is 3. The average molecular weight is 593 g/mol. The summed E-state index contributed by atoms with van der Waals surface area (Å²) >= 11 is 0. The zero-order chi connectivity index (χ0) is 31.0. The fraction of sp³-hybridized carbons (Fsp3) is 0.0909. The van der Waals surface area contributed by atoms with Crippen LogP contribution in [0.5, 0.6) is 0 Å². The Morgan fingerprint density at radius 1 is 0.977 bits per heavy atom. The Morgan fingerprint density at radius 3 is 2.45 bits per heavy atom. The van der Waals surface area contributed by atoms with Crippen molar-refractivity contribution < 1.29 is 18.0 Å². The Morgan fingerprint density at radius 2 is 1.73 bits per heavy atom. The number of hydrogen-bond acceptors (Lipinski definition) is 5. The molecule has 0 spiro atoms. The Kier molecular flexibility index (Phi) is 7.11. The molecule has 0 fully saturated rings. The van der Waals surface area contributed by atoms with Gasteiger partial charge in [0.2, 0.25) is 0 Å². The lowest BCUT2D eigenvalue weighted by Crippen LogP contribution is -2.32. The number of hydrogen-bond donors (Lipinski definition) is 2. The maximum atomic E-state index is 14.2. The third-order valence-corrected chi connectivity index (χ3v) is 7.08. The Bertz CT molecular complexity index is 2160. The zero-order valence-corrected chi connectivity index (χ0v) is 23.1. The van der Waals surface area contributed by atoms with E-state index in [1.54, 1.807) is 67.7 Å². The van der Waals surface area contributed by atoms with Gasteiger partial charge in [0.25, 0.3) is 11.5 Å². The van der Waals surface area contributed by atoms with E-state index in [2.05, 4.69) is 27.2 Å². The summed E-state index contributed by atoms with van der Waals surface area (Å²) in [7, 11) is 0. The van der Waals surface area contributed by atoms with Gasteiger partial charge in [-0.2, -0.15) is 13.2 Å². The summed E-state index contributed by atoms with van der Waals surface area (Å²) in [6.07, 6.45) is -1.28. The van der Waals surface area contributed by atoms with Crippen LogP contribution in [0.4, 0.5) is 19.0 Å². The summed E-state index contributed by atoms with van der Waals surface area (Å²) < 4.78 is 41.8. The van der Waals surface area contributed by atoms with Crippen molar-refractivity contribution in [3.05, 3.63) is 136 Å². The van der Waals surface area contributed by atoms with Gasteiger partial charge in [-0.05, 0) is 66.9 Å². The number of alkyl halides is 3. The van der Waals surface area contributed by atoms with E-state index in [1.165, 1.54) is 27.4 Å². The van der Waals surface area contributed by atoms with E-state index in [0.29, 0.717) is 38.9 Å². The topological polar surface area (TPSA) is 107 Å². The highest BCUT2D eigenvalue weighted by Gasteiger charge is 2.30. The third-order valence-electron chi connectivity index (χ3n) is 7.08. The van der Waals surface area contributed by atoms with Gasteiger partial charge < -0.3 is 11.1 Å². The second-order valence-corrected chi connectivity index (χ2v) is 9.98. The smallest absolute Gasteiger partial charge is 0.381 e. The Balaban J connectivity index is 1.44. The van der Waals surface area contributed by atoms with Crippen molar-refractivity contribution in [2.24, 2.45) is 0 Å². The number of nitrogen functional groups attached to an aromatic ring is 1. The lowest BCUT2D eigenvalue weighted by atomic mass is 10.0. The Hall–Kier alpha value is -5.89. The van der Waals surface area contributed by atoms with Gasteiger partial charge in [0, 0.05) is 34.9 Å². The second-order valence-electron chi connectivity index (χ2n) is 9.98. The number of halogens is 3. The number of nitrogens with two attached hydrogens (primary N) is 1. The molecule has 8 nitrogen and oxygen atoms in total. The van der Waals surface area contributed by atoms with Crippen LogP contribution in [-0.2, 0) is 6.18 Å². The second kappa shape index (κ2) is 11.1. The number of anilines is 1. The van der Waals surface area contributed by atoms with Gasteiger partial charge in [0.1, 0.15) is 5.56 Å². The predicted molar refractivity (Wildman–Crippen MR) is 160 cm³/mol. The van der Waals surface area contributed by atoms with Crippen molar-refractivity contribution in [3.63, 3.8) is 0 Å². The maximum Gasteiger partial charge on any atom is 0.416 e. The predicted octanol–water partition coefficient (Wildman–Crippen LogP) is 5.53. The van der Waals surface area contributed by atoms with Crippen LogP contribution in [-0.4, -0.2) is 25.1 Å². The van der Waals surface area contributed by atoms with E-state index in [4.69, 9.17) is 5.73 Å². The number of fused-ring (bicyclic) bond motifs is 2. The minimum atomic E-state index is -4.45. The number of amides is 1. The fourth-order valence-electron chi connectivity index (χ4n) is 4.99. The molecule has 1 unspecified atom stereocenters. The number of para-hydroxylation sites is 1. The van der Waals surface area contributed by atoms with Gasteiger partial charge in [-0.1, -0.05) is 42.2 Å². The first kappa shape index (κ1) is 28.2. The van der Waals surface area contributed by atoms with Crippen molar-refractivity contribution in [3.8, 4) is 17.5 Å². The maximum absolute atomic E-state index is 14.2. The molecule has 44 heavy (non-hydrogen) atoms. The van der Waals surface area contributed by atoms with Gasteiger partial charge in [-0.15, -0.1) is 5.10 Å². The van der Waals surface area contributed by atoms with Crippen LogP contribution < -0.4 is 16.6 Å². The summed E-state index contributed by atoms with van der Waals surface area (Å²) in [4.78, 5) is 31.8. The van der Waals surface area contributed by atoms with Crippen molar-refractivity contribution in [1.82, 2.24) is 24.5 Å². The number of rotatable bonds is 4. The highest BCUT2D eigenvalue weighted by atomic mass is 19.4. The monoisotopic (exact) mass is 592 g/mol. The van der Waals surface area contributed by atoms with Gasteiger partial charge in [-0.25, -0.2) is 9.50 Å². The molecule has 0 aliphatic heterocycles. The highest BCUT2D eigenvalue weighted by molar-refractivity contribution is 6.04. The van der Waals surface area contributed by atoms with Crippen molar-refractivity contribution in [2.45, 2.75) is 19.1 Å². The molecule has 1 amide bonds. The summed E-state index contributed by atoms with van der Waals surface area (Å²) in [5.41, 5.74) is 7.16. The quantitative estimate of drug-likeness (QED) is 0.262. The average Bonchev–Trinajstić information content (AvgIpc) is 3.35. The van der Waals surface area contributed by atoms with Crippen LogP contribution in [0.3, 0.4) is 0 Å². The van der Waals surface area contributed by atoms with Crippen LogP contribution in [0, 0.1) is 11.8 Å². The van der Waals surface area contributed by atoms with E-state index in [-0.39, 0.29) is 16.9 Å². The summed E-state index contributed by atoms with van der Waals surface area (Å²) in [5, 5.41) is 7.99. The number of carbonyl (C=O) groups excluding carboxylic acids is 1. The molecule has 3 aromatic carbocycles. The first-order chi connectivity index (χ1) is 21.1. The normalized spacial score (nSPS) is 12.1. The molecule has 0 aliphatic rings. The zero-order valence-electron chi connectivity index (χ0n) is 23.1. The van der Waals surface area contributed by atoms with Gasteiger partial charge in [-0.3, -0.25) is 14.2 Å². The molecule has 3 N–H and O–H groups in total. The summed E-state index contributed by atoms with van der Waals surface area (Å²) in [6, 6.07) is 21.5. The molecule has 11 heteroatoms. The Labute approximate surface area is 248 Å². The summed E-state index contributed by atoms with van der Waals surface area (Å²) in [6.45, 7) is 1.75. The van der Waals surface area contributed by atoms with Crippen molar-refractivity contribution >= 4 is 28.1 Å². The summed E-state index contributed by atoms with van der Waals surface area (Å²) in [5.74, 6) is 5.34. The first-order valence-electron chi connectivity index (χ1n) is 13.4. The largest absolute Gasteiger partial charge is 0.416 e. The molecule has 3 heterocycles.